The molecule has 0 aliphatic rings. The lowest BCUT2D eigenvalue weighted by atomic mass is 10.0. The molecule has 2 rings (SSSR count). The van der Waals surface area contributed by atoms with Crippen LogP contribution in [0.3, 0.4) is 0 Å². The minimum Gasteiger partial charge on any atom is -0.294 e. The van der Waals surface area contributed by atoms with E-state index in [0.29, 0.717) is 6.42 Å². The summed E-state index contributed by atoms with van der Waals surface area (Å²) in [4.78, 5) is 12.5. The second kappa shape index (κ2) is 9.02. The van der Waals surface area contributed by atoms with E-state index in [1.807, 2.05) is 66.4 Å². The number of Topliss-reactive ketones (excluding diaryl/α,β-unsaturated/α-hetero) is 1. The molecule has 1 atom stereocenters. The number of rotatable bonds is 8. The minimum absolute atomic E-state index is 0.191. The number of benzene rings is 2. The highest BCUT2D eigenvalue weighted by Gasteiger charge is 2.17. The Labute approximate surface area is 142 Å². The number of hydrogen-bond donors (Lipinski definition) is 0. The van der Waals surface area contributed by atoms with Gasteiger partial charge in [0.2, 0.25) is 0 Å². The van der Waals surface area contributed by atoms with Crippen LogP contribution in [0.15, 0.2) is 54.6 Å². The molecule has 2 aromatic rings. The number of carbonyl (C=O) groups excluding carboxylic acids is 1. The van der Waals surface area contributed by atoms with Crippen molar-refractivity contribution in [2.24, 2.45) is 0 Å². The summed E-state index contributed by atoms with van der Waals surface area (Å²) in [5, 5.41) is 0.923. The van der Waals surface area contributed by atoms with Crippen LogP contribution in [0.2, 0.25) is 5.02 Å². The van der Waals surface area contributed by atoms with E-state index in [2.05, 4.69) is 6.92 Å². The van der Waals surface area contributed by atoms with Crippen molar-refractivity contribution in [3.63, 3.8) is 0 Å². The summed E-state index contributed by atoms with van der Waals surface area (Å²) in [7, 11) is 0. The molecule has 0 aliphatic heterocycles. The van der Waals surface area contributed by atoms with Crippen LogP contribution in [0.25, 0.3) is 0 Å². The van der Waals surface area contributed by atoms with Crippen LogP contribution in [-0.4, -0.2) is 11.5 Å². The molecule has 3 heteroatoms. The van der Waals surface area contributed by atoms with Crippen LogP contribution >= 0.6 is 23.4 Å². The fourth-order valence-electron chi connectivity index (χ4n) is 2.23. The Kier molecular flexibility index (Phi) is 7.01. The van der Waals surface area contributed by atoms with E-state index in [1.54, 1.807) is 0 Å². The van der Waals surface area contributed by atoms with E-state index in [4.69, 9.17) is 11.6 Å². The molecule has 1 nitrogen and oxygen atoms in total. The lowest BCUT2D eigenvalue weighted by Gasteiger charge is -2.16. The third-order valence-electron chi connectivity index (χ3n) is 3.53. The first-order chi connectivity index (χ1) is 10.7. The van der Waals surface area contributed by atoms with Gasteiger partial charge < -0.3 is 0 Å². The SMILES string of the molecule is CCCCS[C@H](CC(=O)c1ccccc1)c1ccc(Cl)cc1. The highest BCUT2D eigenvalue weighted by atomic mass is 35.5. The van der Waals surface area contributed by atoms with Gasteiger partial charge in [-0.2, -0.15) is 11.8 Å². The Morgan fingerprint density at radius 1 is 1.09 bits per heavy atom. The first kappa shape index (κ1) is 17.1. The molecule has 0 saturated carbocycles. The van der Waals surface area contributed by atoms with Crippen LogP contribution in [0.5, 0.6) is 0 Å². The van der Waals surface area contributed by atoms with E-state index in [9.17, 15) is 4.79 Å². The Morgan fingerprint density at radius 3 is 2.41 bits per heavy atom. The molecular formula is C19H21ClOS. The first-order valence-corrected chi connectivity index (χ1v) is 9.08. The standard InChI is InChI=1S/C19H21ClOS/c1-2-3-13-22-19(16-9-11-17(20)12-10-16)14-18(21)15-7-5-4-6-8-15/h4-12,19H,2-3,13-14H2,1H3/t19-/m1/s1. The maximum Gasteiger partial charge on any atom is 0.164 e. The number of halogens is 1. The van der Waals surface area contributed by atoms with Gasteiger partial charge in [-0.05, 0) is 29.9 Å². The van der Waals surface area contributed by atoms with Crippen molar-refractivity contribution in [2.75, 3.05) is 5.75 Å². The Hall–Kier alpha value is -1.25. The highest BCUT2D eigenvalue weighted by Crippen LogP contribution is 2.34. The third-order valence-corrected chi connectivity index (χ3v) is 5.14. The summed E-state index contributed by atoms with van der Waals surface area (Å²) < 4.78 is 0. The molecule has 0 N–H and O–H groups in total. The third kappa shape index (κ3) is 5.19. The molecule has 0 amide bonds. The molecule has 0 heterocycles. The summed E-state index contributed by atoms with van der Waals surface area (Å²) in [6.07, 6.45) is 2.88. The molecule has 116 valence electrons. The molecule has 0 spiro atoms. The van der Waals surface area contributed by atoms with Gasteiger partial charge in [-0.1, -0.05) is 67.4 Å². The summed E-state index contributed by atoms with van der Waals surface area (Å²) in [6, 6.07) is 17.4. The molecule has 0 fully saturated rings. The smallest absolute Gasteiger partial charge is 0.164 e. The Balaban J connectivity index is 2.10. The van der Waals surface area contributed by atoms with Crippen LogP contribution in [-0.2, 0) is 0 Å². The summed E-state index contributed by atoms with van der Waals surface area (Å²) >= 11 is 7.84. The summed E-state index contributed by atoms with van der Waals surface area (Å²) in [5.41, 5.74) is 1.97. The molecule has 22 heavy (non-hydrogen) atoms. The van der Waals surface area contributed by atoms with Crippen molar-refractivity contribution in [1.82, 2.24) is 0 Å². The van der Waals surface area contributed by atoms with E-state index in [-0.39, 0.29) is 11.0 Å². The molecule has 0 radical (unpaired) electrons. The highest BCUT2D eigenvalue weighted by molar-refractivity contribution is 7.99. The van der Waals surface area contributed by atoms with Gasteiger partial charge in [-0.25, -0.2) is 0 Å². The number of hydrogen-bond acceptors (Lipinski definition) is 2. The number of carbonyl (C=O) groups is 1. The number of unbranched alkanes of at least 4 members (excludes halogenated alkanes) is 1. The van der Waals surface area contributed by atoms with Gasteiger partial charge >= 0.3 is 0 Å². The normalized spacial score (nSPS) is 12.1. The largest absolute Gasteiger partial charge is 0.294 e. The molecule has 0 unspecified atom stereocenters. The summed E-state index contributed by atoms with van der Waals surface area (Å²) in [5.74, 6) is 1.27. The van der Waals surface area contributed by atoms with Gasteiger partial charge in [0.1, 0.15) is 0 Å². The Bertz CT molecular complexity index is 580. The molecule has 2 aromatic carbocycles. The molecule has 0 aliphatic carbocycles. The number of ketones is 1. The van der Waals surface area contributed by atoms with Gasteiger partial charge in [0, 0.05) is 22.3 Å². The summed E-state index contributed by atoms with van der Waals surface area (Å²) in [6.45, 7) is 2.19. The minimum atomic E-state index is 0.191. The van der Waals surface area contributed by atoms with Crippen LogP contribution in [0.1, 0.15) is 47.4 Å². The van der Waals surface area contributed by atoms with Crippen molar-refractivity contribution < 1.29 is 4.79 Å². The van der Waals surface area contributed by atoms with Gasteiger partial charge in [0.05, 0.1) is 0 Å². The zero-order chi connectivity index (χ0) is 15.8. The topological polar surface area (TPSA) is 17.1 Å². The van der Waals surface area contributed by atoms with E-state index in [0.717, 1.165) is 16.3 Å². The average molecular weight is 333 g/mol. The molecule has 0 aromatic heterocycles. The van der Waals surface area contributed by atoms with E-state index < -0.39 is 0 Å². The van der Waals surface area contributed by atoms with Gasteiger partial charge in [-0.15, -0.1) is 0 Å². The van der Waals surface area contributed by atoms with Crippen molar-refractivity contribution in [3.05, 3.63) is 70.7 Å². The van der Waals surface area contributed by atoms with Crippen molar-refractivity contribution >= 4 is 29.1 Å². The second-order valence-electron chi connectivity index (χ2n) is 5.26. The van der Waals surface area contributed by atoms with Crippen molar-refractivity contribution in [2.45, 2.75) is 31.4 Å². The second-order valence-corrected chi connectivity index (χ2v) is 7.00. The lowest BCUT2D eigenvalue weighted by Crippen LogP contribution is -2.06. The monoisotopic (exact) mass is 332 g/mol. The lowest BCUT2D eigenvalue weighted by molar-refractivity contribution is 0.0982. The number of thioether (sulfide) groups is 1. The fourth-order valence-corrected chi connectivity index (χ4v) is 3.72. The quantitative estimate of drug-likeness (QED) is 0.423. The Morgan fingerprint density at radius 2 is 1.77 bits per heavy atom. The van der Waals surface area contributed by atoms with Gasteiger partial charge in [0.15, 0.2) is 5.78 Å². The van der Waals surface area contributed by atoms with Gasteiger partial charge in [0.25, 0.3) is 0 Å². The predicted molar refractivity (Wildman–Crippen MR) is 96.9 cm³/mol. The first-order valence-electron chi connectivity index (χ1n) is 7.66. The zero-order valence-corrected chi connectivity index (χ0v) is 14.4. The van der Waals surface area contributed by atoms with Gasteiger partial charge in [-0.3, -0.25) is 4.79 Å². The zero-order valence-electron chi connectivity index (χ0n) is 12.8. The van der Waals surface area contributed by atoms with Crippen LogP contribution < -0.4 is 0 Å². The molecule has 0 saturated heterocycles. The molecule has 0 bridgehead atoms. The average Bonchev–Trinajstić information content (AvgIpc) is 2.55. The van der Waals surface area contributed by atoms with Crippen molar-refractivity contribution in [3.8, 4) is 0 Å². The van der Waals surface area contributed by atoms with Crippen LogP contribution in [0.4, 0.5) is 0 Å². The maximum absolute atomic E-state index is 12.5. The van der Waals surface area contributed by atoms with E-state index >= 15 is 0 Å². The fraction of sp³-hybridized carbons (Fsp3) is 0.316. The van der Waals surface area contributed by atoms with E-state index in [1.165, 1.54) is 18.4 Å². The van der Waals surface area contributed by atoms with Crippen LogP contribution in [0, 0.1) is 0 Å². The molecular weight excluding hydrogens is 312 g/mol. The maximum atomic E-state index is 12.5. The van der Waals surface area contributed by atoms with Crippen molar-refractivity contribution in [1.29, 1.82) is 0 Å². The predicted octanol–water partition coefficient (Wildman–Crippen LogP) is 6.19.